The van der Waals surface area contributed by atoms with Gasteiger partial charge in [0.2, 0.25) is 10.0 Å². The highest BCUT2D eigenvalue weighted by atomic mass is 32.2. The summed E-state index contributed by atoms with van der Waals surface area (Å²) in [7, 11) is -2.40. The molecular formula is C21H21N3O6S. The van der Waals surface area contributed by atoms with Gasteiger partial charge < -0.3 is 15.4 Å². The van der Waals surface area contributed by atoms with Gasteiger partial charge in [0.1, 0.15) is 0 Å². The Kier molecular flexibility index (Phi) is 5.28. The third-order valence-electron chi connectivity index (χ3n) is 5.55. The van der Waals surface area contributed by atoms with Crippen molar-refractivity contribution in [3.63, 3.8) is 0 Å². The van der Waals surface area contributed by atoms with E-state index in [1.807, 2.05) is 0 Å². The first kappa shape index (κ1) is 21.0. The van der Waals surface area contributed by atoms with Crippen LogP contribution < -0.4 is 10.0 Å². The monoisotopic (exact) mass is 443 g/mol. The molecule has 0 bridgehead atoms. The summed E-state index contributed by atoms with van der Waals surface area (Å²) in [6.07, 6.45) is 3.33. The van der Waals surface area contributed by atoms with Crippen LogP contribution in [-0.2, 0) is 32.5 Å². The van der Waals surface area contributed by atoms with E-state index in [9.17, 15) is 22.8 Å². The van der Waals surface area contributed by atoms with Gasteiger partial charge in [-0.1, -0.05) is 0 Å². The van der Waals surface area contributed by atoms with Crippen LogP contribution in [0, 0.1) is 0 Å². The number of carboxylic acids is 1. The number of hydrogen-bond donors (Lipinski definition) is 4. The molecule has 0 spiro atoms. The van der Waals surface area contributed by atoms with E-state index < -0.39 is 21.9 Å². The number of anilines is 1. The van der Waals surface area contributed by atoms with Gasteiger partial charge in [-0.2, -0.15) is 0 Å². The molecule has 0 saturated carbocycles. The number of H-pyrrole nitrogens is 1. The molecule has 1 aromatic heterocycles. The number of fused-ring (bicyclic) bond motifs is 2. The van der Waals surface area contributed by atoms with Crippen LogP contribution in [0.2, 0.25) is 0 Å². The average Bonchev–Trinajstić information content (AvgIpc) is 3.24. The zero-order valence-corrected chi connectivity index (χ0v) is 17.6. The molecule has 2 aromatic rings. The Bertz CT molecular complexity index is 1260. The normalized spacial score (nSPS) is 16.9. The van der Waals surface area contributed by atoms with Gasteiger partial charge in [-0.25, -0.2) is 13.1 Å². The molecule has 0 unspecified atom stereocenters. The number of hydrogen-bond acceptors (Lipinski definition) is 5. The Hall–Kier alpha value is -3.24. The zero-order chi connectivity index (χ0) is 22.3. The van der Waals surface area contributed by atoms with Gasteiger partial charge in [0.25, 0.3) is 5.91 Å². The Morgan fingerprint density at radius 3 is 2.74 bits per heavy atom. The van der Waals surface area contributed by atoms with Crippen molar-refractivity contribution < 1.29 is 27.9 Å². The van der Waals surface area contributed by atoms with E-state index in [4.69, 9.17) is 5.11 Å². The van der Waals surface area contributed by atoms with E-state index in [2.05, 4.69) is 15.0 Å². The van der Waals surface area contributed by atoms with Crippen molar-refractivity contribution in [2.75, 3.05) is 12.4 Å². The van der Waals surface area contributed by atoms with Gasteiger partial charge in [0, 0.05) is 41.0 Å². The molecular weight excluding hydrogens is 422 g/mol. The van der Waals surface area contributed by atoms with Crippen LogP contribution >= 0.6 is 0 Å². The minimum absolute atomic E-state index is 0.0169. The van der Waals surface area contributed by atoms with Gasteiger partial charge >= 0.3 is 5.97 Å². The maximum atomic E-state index is 12.6. The third kappa shape index (κ3) is 3.79. The van der Waals surface area contributed by atoms with E-state index in [0.29, 0.717) is 47.3 Å². The van der Waals surface area contributed by atoms with Gasteiger partial charge in [-0.3, -0.25) is 14.4 Å². The number of carboxylic acid groups (broad SMARTS) is 1. The number of aromatic amines is 1. The van der Waals surface area contributed by atoms with Crippen LogP contribution in [0.4, 0.5) is 5.69 Å². The number of nitrogens with one attached hydrogen (secondary N) is 3. The van der Waals surface area contributed by atoms with Crippen LogP contribution in [0.5, 0.6) is 0 Å². The molecule has 4 rings (SSSR count). The van der Waals surface area contributed by atoms with Crippen molar-refractivity contribution in [2.45, 2.75) is 37.0 Å². The van der Waals surface area contributed by atoms with Crippen LogP contribution in [0.15, 0.2) is 23.1 Å². The smallest absolute Gasteiger partial charge is 0.303 e. The highest BCUT2D eigenvalue weighted by Gasteiger charge is 2.29. The Balaban J connectivity index is 1.85. The largest absolute Gasteiger partial charge is 0.481 e. The molecule has 1 aliphatic heterocycles. The summed E-state index contributed by atoms with van der Waals surface area (Å²) in [4.78, 5) is 39.5. The zero-order valence-electron chi connectivity index (χ0n) is 16.7. The maximum Gasteiger partial charge on any atom is 0.303 e. The second kappa shape index (κ2) is 7.78. The predicted molar refractivity (Wildman–Crippen MR) is 113 cm³/mol. The molecule has 0 atom stereocenters. The van der Waals surface area contributed by atoms with E-state index in [0.717, 1.165) is 5.69 Å². The van der Waals surface area contributed by atoms with Crippen molar-refractivity contribution in [3.8, 4) is 0 Å². The lowest BCUT2D eigenvalue weighted by atomic mass is 9.91. The lowest BCUT2D eigenvalue weighted by Crippen LogP contribution is -2.18. The lowest BCUT2D eigenvalue weighted by Gasteiger charge is -2.11. The molecule has 1 aromatic carbocycles. The van der Waals surface area contributed by atoms with Crippen LogP contribution in [0.1, 0.15) is 52.1 Å². The minimum Gasteiger partial charge on any atom is -0.481 e. The summed E-state index contributed by atoms with van der Waals surface area (Å²) in [5.41, 5.74) is 3.48. The van der Waals surface area contributed by atoms with E-state index in [1.54, 1.807) is 6.08 Å². The molecule has 31 heavy (non-hydrogen) atoms. The van der Waals surface area contributed by atoms with Gasteiger partial charge in [-0.05, 0) is 56.1 Å². The molecule has 0 fully saturated rings. The summed E-state index contributed by atoms with van der Waals surface area (Å²) >= 11 is 0. The van der Waals surface area contributed by atoms with E-state index in [-0.39, 0.29) is 29.1 Å². The summed E-state index contributed by atoms with van der Waals surface area (Å²) in [5.74, 6) is -1.43. The van der Waals surface area contributed by atoms with Gasteiger partial charge in [0.15, 0.2) is 5.78 Å². The highest BCUT2D eigenvalue weighted by Crippen LogP contribution is 2.36. The van der Waals surface area contributed by atoms with Crippen LogP contribution in [0.3, 0.4) is 0 Å². The van der Waals surface area contributed by atoms with Gasteiger partial charge in [-0.15, -0.1) is 0 Å². The number of carbonyl (C=O) groups is 3. The van der Waals surface area contributed by atoms with Crippen LogP contribution in [-0.4, -0.2) is 43.2 Å². The van der Waals surface area contributed by atoms with Crippen molar-refractivity contribution in [2.24, 2.45) is 0 Å². The first-order chi connectivity index (χ1) is 14.7. The molecule has 9 nitrogen and oxygen atoms in total. The summed E-state index contributed by atoms with van der Waals surface area (Å²) in [5, 5.41) is 11.8. The number of carbonyl (C=O) groups excluding carboxylic acids is 2. The SMILES string of the molecule is CNS(=O)(=O)c1ccc2c(c1)C(=Cc1[nH]c3c(c1CCC(=O)O)C(=O)CCC3)C(=O)N2. The number of aliphatic carboxylic acids is 1. The fourth-order valence-electron chi connectivity index (χ4n) is 4.05. The van der Waals surface area contributed by atoms with Crippen molar-refractivity contribution in [1.82, 2.24) is 9.71 Å². The fraction of sp³-hybridized carbons (Fsp3) is 0.286. The molecule has 162 valence electrons. The van der Waals surface area contributed by atoms with Crippen molar-refractivity contribution >= 4 is 45.0 Å². The summed E-state index contributed by atoms with van der Waals surface area (Å²) in [6.45, 7) is 0. The number of Topliss-reactive ketones (excluding diaryl/α,β-unsaturated/α-hetero) is 1. The molecule has 10 heteroatoms. The number of ketones is 1. The quantitative estimate of drug-likeness (QED) is 0.502. The Morgan fingerprint density at radius 2 is 2.03 bits per heavy atom. The molecule has 0 saturated heterocycles. The van der Waals surface area contributed by atoms with Gasteiger partial charge in [0.05, 0.1) is 10.5 Å². The highest BCUT2D eigenvalue weighted by molar-refractivity contribution is 7.89. The standard InChI is InChI=1S/C21H21N3O6S/c1-22-31(29,30)11-5-7-15-13(9-11)14(21(28)24-15)10-17-12(6-8-19(26)27)20-16(23-17)3-2-4-18(20)25/h5,7,9-10,22-23H,2-4,6,8H2,1H3,(H,24,28)(H,26,27). The maximum absolute atomic E-state index is 12.6. The fourth-order valence-corrected chi connectivity index (χ4v) is 4.80. The molecule has 1 aliphatic carbocycles. The van der Waals surface area contributed by atoms with Crippen molar-refractivity contribution in [3.05, 3.63) is 46.3 Å². The third-order valence-corrected chi connectivity index (χ3v) is 6.97. The number of benzene rings is 1. The lowest BCUT2D eigenvalue weighted by molar-refractivity contribution is -0.137. The minimum atomic E-state index is -3.70. The second-order valence-corrected chi connectivity index (χ2v) is 9.35. The topological polar surface area (TPSA) is 145 Å². The number of rotatable bonds is 6. The average molecular weight is 443 g/mol. The second-order valence-electron chi connectivity index (χ2n) is 7.47. The van der Waals surface area contributed by atoms with Crippen LogP contribution in [0.25, 0.3) is 11.6 Å². The first-order valence-corrected chi connectivity index (χ1v) is 11.3. The number of aromatic nitrogens is 1. The molecule has 0 radical (unpaired) electrons. The number of sulfonamides is 1. The molecule has 4 N–H and O–H groups in total. The number of aryl methyl sites for hydroxylation is 1. The molecule has 2 aliphatic rings. The van der Waals surface area contributed by atoms with E-state index in [1.165, 1.54) is 25.2 Å². The molecule has 1 amide bonds. The predicted octanol–water partition coefficient (Wildman–Crippen LogP) is 1.95. The van der Waals surface area contributed by atoms with E-state index >= 15 is 0 Å². The molecule has 2 heterocycles. The summed E-state index contributed by atoms with van der Waals surface area (Å²) < 4.78 is 26.6. The van der Waals surface area contributed by atoms with Crippen molar-refractivity contribution in [1.29, 1.82) is 0 Å². The summed E-state index contributed by atoms with van der Waals surface area (Å²) in [6, 6.07) is 4.33. The Morgan fingerprint density at radius 1 is 1.26 bits per heavy atom. The number of amides is 1. The first-order valence-electron chi connectivity index (χ1n) is 9.81. The Labute approximate surface area is 178 Å².